The molecule has 5 heteroatoms. The fourth-order valence-corrected chi connectivity index (χ4v) is 2.00. The highest BCUT2D eigenvalue weighted by Crippen LogP contribution is 2.20. The van der Waals surface area contributed by atoms with Crippen LogP contribution in [-0.2, 0) is 11.3 Å². The first kappa shape index (κ1) is 10.7. The van der Waals surface area contributed by atoms with Crippen molar-refractivity contribution >= 4 is 33.2 Å². The molecule has 3 nitrogen and oxygen atoms in total. The van der Waals surface area contributed by atoms with Gasteiger partial charge in [-0.1, -0.05) is 0 Å². The van der Waals surface area contributed by atoms with Crippen molar-refractivity contribution in [2.24, 2.45) is 5.73 Å². The monoisotopic (exact) mass is 262 g/mol. The number of carbonyl (C=O) groups excluding carboxylic acids is 1. The molecular formula is C8H11BrN2OS. The summed E-state index contributed by atoms with van der Waals surface area (Å²) < 4.78 is 1.07. The average molecular weight is 263 g/mol. The van der Waals surface area contributed by atoms with Crippen LogP contribution in [-0.4, -0.2) is 11.9 Å². The molecule has 3 N–H and O–H groups in total. The van der Waals surface area contributed by atoms with E-state index in [0.29, 0.717) is 6.54 Å². The molecule has 1 aromatic heterocycles. The molecule has 1 heterocycles. The summed E-state index contributed by atoms with van der Waals surface area (Å²) in [4.78, 5) is 11.1. The van der Waals surface area contributed by atoms with E-state index in [1.54, 1.807) is 18.3 Å². The Morgan fingerprint density at radius 1 is 1.85 bits per heavy atom. The van der Waals surface area contributed by atoms with Crippen LogP contribution in [0.2, 0.25) is 0 Å². The Bertz CT molecular complexity index is 298. The number of halogens is 1. The van der Waals surface area contributed by atoms with E-state index in [2.05, 4.69) is 21.2 Å². The largest absolute Gasteiger partial charge is 0.351 e. The highest BCUT2D eigenvalue weighted by atomic mass is 79.9. The normalized spacial score (nSPS) is 12.5. The molecule has 0 aromatic carbocycles. The van der Waals surface area contributed by atoms with Crippen molar-refractivity contribution in [3.05, 3.63) is 20.8 Å². The maximum absolute atomic E-state index is 11.1. The number of carbonyl (C=O) groups is 1. The maximum atomic E-state index is 11.1. The molecule has 0 radical (unpaired) electrons. The zero-order valence-corrected chi connectivity index (χ0v) is 9.61. The second-order valence-corrected chi connectivity index (χ2v) is 5.06. The van der Waals surface area contributed by atoms with Crippen molar-refractivity contribution in [2.75, 3.05) is 0 Å². The number of hydrogen-bond donors (Lipinski definition) is 2. The van der Waals surface area contributed by atoms with Crippen molar-refractivity contribution in [2.45, 2.75) is 19.5 Å². The number of rotatable bonds is 3. The molecule has 0 aliphatic heterocycles. The Balaban J connectivity index is 2.39. The summed E-state index contributed by atoms with van der Waals surface area (Å²) in [7, 11) is 0. The van der Waals surface area contributed by atoms with Gasteiger partial charge < -0.3 is 11.1 Å². The Morgan fingerprint density at radius 3 is 3.00 bits per heavy atom. The molecule has 0 spiro atoms. The quantitative estimate of drug-likeness (QED) is 0.867. The van der Waals surface area contributed by atoms with Crippen LogP contribution in [0.4, 0.5) is 0 Å². The smallest absolute Gasteiger partial charge is 0.236 e. The number of nitrogens with one attached hydrogen (secondary N) is 1. The minimum absolute atomic E-state index is 0.123. The summed E-state index contributed by atoms with van der Waals surface area (Å²) in [5.41, 5.74) is 6.48. The van der Waals surface area contributed by atoms with E-state index in [1.165, 1.54) is 0 Å². The zero-order valence-electron chi connectivity index (χ0n) is 7.21. The van der Waals surface area contributed by atoms with Crippen LogP contribution in [0.1, 0.15) is 12.5 Å². The van der Waals surface area contributed by atoms with Gasteiger partial charge in [-0.15, -0.1) is 11.3 Å². The fourth-order valence-electron chi connectivity index (χ4n) is 0.789. The van der Waals surface area contributed by atoms with Crippen molar-refractivity contribution in [1.29, 1.82) is 0 Å². The third-order valence-electron chi connectivity index (χ3n) is 1.50. The molecule has 0 fully saturated rings. The molecular weight excluding hydrogens is 252 g/mol. The maximum Gasteiger partial charge on any atom is 0.236 e. The molecule has 72 valence electrons. The Labute approximate surface area is 89.5 Å². The molecule has 0 bridgehead atoms. The summed E-state index contributed by atoms with van der Waals surface area (Å²) in [5, 5.41) is 4.73. The highest BCUT2D eigenvalue weighted by molar-refractivity contribution is 9.11. The number of nitrogens with two attached hydrogens (primary N) is 1. The lowest BCUT2D eigenvalue weighted by Gasteiger charge is -2.05. The number of thiophene rings is 1. The Kier molecular flexibility index (Phi) is 3.90. The fraction of sp³-hybridized carbons (Fsp3) is 0.375. The van der Waals surface area contributed by atoms with E-state index in [-0.39, 0.29) is 5.91 Å². The summed E-state index contributed by atoms with van der Waals surface area (Å²) in [6.45, 7) is 2.21. The first-order chi connectivity index (χ1) is 6.09. The lowest BCUT2D eigenvalue weighted by atomic mass is 10.3. The Hall–Kier alpha value is -0.390. The van der Waals surface area contributed by atoms with Crippen LogP contribution in [0.5, 0.6) is 0 Å². The summed E-state index contributed by atoms with van der Waals surface area (Å²) >= 11 is 4.95. The van der Waals surface area contributed by atoms with Crippen molar-refractivity contribution in [3.63, 3.8) is 0 Å². The van der Waals surface area contributed by atoms with Crippen LogP contribution in [0.3, 0.4) is 0 Å². The first-order valence-corrected chi connectivity index (χ1v) is 5.53. The molecule has 0 saturated heterocycles. The molecule has 1 atom stereocenters. The van der Waals surface area contributed by atoms with Gasteiger partial charge >= 0.3 is 0 Å². The highest BCUT2D eigenvalue weighted by Gasteiger charge is 2.06. The molecule has 0 saturated carbocycles. The van der Waals surface area contributed by atoms with Gasteiger partial charge in [0.05, 0.1) is 9.83 Å². The van der Waals surface area contributed by atoms with Crippen LogP contribution < -0.4 is 11.1 Å². The molecule has 0 aliphatic carbocycles. The number of hydrogen-bond acceptors (Lipinski definition) is 3. The topological polar surface area (TPSA) is 55.1 Å². The third-order valence-corrected chi connectivity index (χ3v) is 3.06. The molecule has 0 unspecified atom stereocenters. The van der Waals surface area contributed by atoms with Gasteiger partial charge in [-0.25, -0.2) is 0 Å². The van der Waals surface area contributed by atoms with E-state index in [9.17, 15) is 4.79 Å². The minimum atomic E-state index is -0.443. The average Bonchev–Trinajstić information content (AvgIpc) is 2.47. The second-order valence-electron chi connectivity index (χ2n) is 2.77. The van der Waals surface area contributed by atoms with Crippen LogP contribution in [0.25, 0.3) is 0 Å². The van der Waals surface area contributed by atoms with Crippen molar-refractivity contribution in [3.8, 4) is 0 Å². The van der Waals surface area contributed by atoms with Gasteiger partial charge in [-0.3, -0.25) is 4.79 Å². The van der Waals surface area contributed by atoms with Gasteiger partial charge in [0.2, 0.25) is 5.91 Å². The van der Waals surface area contributed by atoms with E-state index >= 15 is 0 Å². The molecule has 13 heavy (non-hydrogen) atoms. The van der Waals surface area contributed by atoms with E-state index < -0.39 is 6.04 Å². The standard InChI is InChI=1S/C8H11BrN2OS/c1-5(10)8(12)11-3-6-2-7(9)13-4-6/h2,4-5H,3,10H2,1H3,(H,11,12)/t5-/m0/s1. The summed E-state index contributed by atoms with van der Waals surface area (Å²) in [5.74, 6) is -0.123. The van der Waals surface area contributed by atoms with E-state index in [4.69, 9.17) is 5.73 Å². The SMILES string of the molecule is C[C@H](N)C(=O)NCc1csc(Br)c1. The first-order valence-electron chi connectivity index (χ1n) is 3.86. The van der Waals surface area contributed by atoms with Gasteiger partial charge in [0, 0.05) is 6.54 Å². The molecule has 1 amide bonds. The van der Waals surface area contributed by atoms with Gasteiger partial charge in [0.25, 0.3) is 0 Å². The molecule has 0 aliphatic rings. The van der Waals surface area contributed by atoms with Gasteiger partial charge in [0.1, 0.15) is 0 Å². The van der Waals surface area contributed by atoms with Crippen LogP contribution >= 0.6 is 27.3 Å². The third kappa shape index (κ3) is 3.46. The van der Waals surface area contributed by atoms with Gasteiger partial charge in [-0.2, -0.15) is 0 Å². The van der Waals surface area contributed by atoms with Gasteiger partial charge in [-0.05, 0) is 39.9 Å². The van der Waals surface area contributed by atoms with E-state index in [1.807, 2.05) is 11.4 Å². The lowest BCUT2D eigenvalue weighted by Crippen LogP contribution is -2.37. The zero-order chi connectivity index (χ0) is 9.84. The predicted molar refractivity (Wildman–Crippen MR) is 57.5 cm³/mol. The van der Waals surface area contributed by atoms with Crippen molar-refractivity contribution < 1.29 is 4.79 Å². The molecule has 1 aromatic rings. The predicted octanol–water partition coefficient (Wildman–Crippen LogP) is 1.47. The second kappa shape index (κ2) is 4.74. The minimum Gasteiger partial charge on any atom is -0.351 e. The van der Waals surface area contributed by atoms with Gasteiger partial charge in [0.15, 0.2) is 0 Å². The number of amides is 1. The summed E-state index contributed by atoms with van der Waals surface area (Å²) in [6, 6.07) is 1.54. The summed E-state index contributed by atoms with van der Waals surface area (Å²) in [6.07, 6.45) is 0. The van der Waals surface area contributed by atoms with Crippen LogP contribution in [0.15, 0.2) is 15.2 Å². The molecule has 1 rings (SSSR count). The lowest BCUT2D eigenvalue weighted by molar-refractivity contribution is -0.122. The van der Waals surface area contributed by atoms with Crippen molar-refractivity contribution in [1.82, 2.24) is 5.32 Å². The van der Waals surface area contributed by atoms with Crippen LogP contribution in [0, 0.1) is 0 Å². The Morgan fingerprint density at radius 2 is 2.54 bits per heavy atom. The van der Waals surface area contributed by atoms with E-state index in [0.717, 1.165) is 9.35 Å².